The summed E-state index contributed by atoms with van der Waals surface area (Å²) in [6, 6.07) is 7.26. The molecule has 1 aromatic carbocycles. The Hall–Kier alpha value is -1.33. The van der Waals surface area contributed by atoms with E-state index in [-0.39, 0.29) is 16.3 Å². The first-order valence-electron chi connectivity index (χ1n) is 5.30. The standard InChI is InChI=1S/C12H10BrClN2O2/c1-2-18-11-10(14)7-15-16(12(11)17)9-5-3-4-8(13)6-9/h3-7H,2H2,1H3. The van der Waals surface area contributed by atoms with E-state index in [9.17, 15) is 4.79 Å². The summed E-state index contributed by atoms with van der Waals surface area (Å²) in [5.41, 5.74) is 0.273. The molecule has 1 aromatic heterocycles. The van der Waals surface area contributed by atoms with Crippen molar-refractivity contribution in [3.63, 3.8) is 0 Å². The van der Waals surface area contributed by atoms with Crippen molar-refractivity contribution >= 4 is 27.5 Å². The molecule has 18 heavy (non-hydrogen) atoms. The molecule has 0 N–H and O–H groups in total. The van der Waals surface area contributed by atoms with Crippen molar-refractivity contribution in [1.82, 2.24) is 9.78 Å². The van der Waals surface area contributed by atoms with Gasteiger partial charge in [-0.1, -0.05) is 33.6 Å². The van der Waals surface area contributed by atoms with Crippen LogP contribution in [0.25, 0.3) is 5.69 Å². The molecule has 0 radical (unpaired) electrons. The highest BCUT2D eigenvalue weighted by atomic mass is 79.9. The van der Waals surface area contributed by atoms with Crippen LogP contribution < -0.4 is 10.3 Å². The van der Waals surface area contributed by atoms with Gasteiger partial charge in [-0.05, 0) is 25.1 Å². The van der Waals surface area contributed by atoms with E-state index in [2.05, 4.69) is 21.0 Å². The quantitative estimate of drug-likeness (QED) is 0.869. The van der Waals surface area contributed by atoms with Crippen molar-refractivity contribution in [3.05, 3.63) is 50.3 Å². The van der Waals surface area contributed by atoms with Gasteiger partial charge in [0.05, 0.1) is 18.5 Å². The first-order chi connectivity index (χ1) is 8.63. The minimum atomic E-state index is -0.373. The highest BCUT2D eigenvalue weighted by molar-refractivity contribution is 9.10. The molecular weight excluding hydrogens is 320 g/mol. The van der Waals surface area contributed by atoms with E-state index in [0.717, 1.165) is 4.47 Å². The molecule has 0 fully saturated rings. The number of nitrogens with zero attached hydrogens (tertiary/aromatic N) is 2. The Morgan fingerprint density at radius 1 is 1.50 bits per heavy atom. The molecule has 0 bridgehead atoms. The van der Waals surface area contributed by atoms with Crippen molar-refractivity contribution in [2.75, 3.05) is 6.61 Å². The molecule has 0 saturated carbocycles. The maximum atomic E-state index is 12.2. The van der Waals surface area contributed by atoms with Gasteiger partial charge in [0, 0.05) is 4.47 Å². The highest BCUT2D eigenvalue weighted by Crippen LogP contribution is 2.19. The Morgan fingerprint density at radius 3 is 2.94 bits per heavy atom. The second kappa shape index (κ2) is 5.54. The van der Waals surface area contributed by atoms with E-state index < -0.39 is 0 Å². The summed E-state index contributed by atoms with van der Waals surface area (Å²) in [5, 5.41) is 4.22. The third-order valence-electron chi connectivity index (χ3n) is 2.23. The predicted molar refractivity (Wildman–Crippen MR) is 73.7 cm³/mol. The summed E-state index contributed by atoms with van der Waals surface area (Å²) in [7, 11) is 0. The van der Waals surface area contributed by atoms with Crippen LogP contribution in [0.3, 0.4) is 0 Å². The Labute approximate surface area is 117 Å². The Bertz CT molecular complexity index is 628. The molecule has 94 valence electrons. The van der Waals surface area contributed by atoms with Crippen molar-refractivity contribution in [2.24, 2.45) is 0 Å². The molecule has 0 unspecified atom stereocenters. The smallest absolute Gasteiger partial charge is 0.315 e. The maximum absolute atomic E-state index is 12.2. The zero-order valence-electron chi connectivity index (χ0n) is 9.56. The number of rotatable bonds is 3. The molecule has 0 aliphatic rings. The SMILES string of the molecule is CCOc1c(Cl)cnn(-c2cccc(Br)c2)c1=O. The van der Waals surface area contributed by atoms with Gasteiger partial charge in [0.2, 0.25) is 5.75 Å². The van der Waals surface area contributed by atoms with Gasteiger partial charge in [0.25, 0.3) is 0 Å². The predicted octanol–water partition coefficient (Wildman–Crippen LogP) is 3.05. The van der Waals surface area contributed by atoms with Crippen molar-refractivity contribution in [3.8, 4) is 11.4 Å². The van der Waals surface area contributed by atoms with Crippen LogP contribution in [0.2, 0.25) is 5.02 Å². The van der Waals surface area contributed by atoms with Gasteiger partial charge in [-0.15, -0.1) is 0 Å². The molecule has 2 rings (SSSR count). The molecular formula is C12H10BrClN2O2. The molecule has 0 saturated heterocycles. The van der Waals surface area contributed by atoms with E-state index in [1.165, 1.54) is 10.9 Å². The monoisotopic (exact) mass is 328 g/mol. The summed E-state index contributed by atoms with van der Waals surface area (Å²) in [6.07, 6.45) is 1.40. The van der Waals surface area contributed by atoms with E-state index in [1.807, 2.05) is 12.1 Å². The van der Waals surface area contributed by atoms with Gasteiger partial charge >= 0.3 is 5.56 Å². The van der Waals surface area contributed by atoms with E-state index in [0.29, 0.717) is 12.3 Å². The van der Waals surface area contributed by atoms with Crippen LogP contribution in [0.5, 0.6) is 5.75 Å². The highest BCUT2D eigenvalue weighted by Gasteiger charge is 2.12. The summed E-state index contributed by atoms with van der Waals surface area (Å²) < 4.78 is 7.36. The third-order valence-corrected chi connectivity index (χ3v) is 2.99. The van der Waals surface area contributed by atoms with Gasteiger partial charge in [-0.3, -0.25) is 4.79 Å². The van der Waals surface area contributed by atoms with Crippen LogP contribution in [-0.2, 0) is 0 Å². The second-order valence-corrected chi connectivity index (χ2v) is 4.77. The molecule has 0 spiro atoms. The topological polar surface area (TPSA) is 44.1 Å². The fourth-order valence-corrected chi connectivity index (χ4v) is 2.05. The number of aromatic nitrogens is 2. The van der Waals surface area contributed by atoms with E-state index in [4.69, 9.17) is 16.3 Å². The zero-order chi connectivity index (χ0) is 13.1. The summed E-state index contributed by atoms with van der Waals surface area (Å²) in [4.78, 5) is 12.2. The van der Waals surface area contributed by atoms with E-state index in [1.54, 1.807) is 19.1 Å². The van der Waals surface area contributed by atoms with Gasteiger partial charge in [-0.2, -0.15) is 9.78 Å². The normalized spacial score (nSPS) is 10.4. The number of halogens is 2. The molecule has 4 nitrogen and oxygen atoms in total. The number of hydrogen-bond donors (Lipinski definition) is 0. The Kier molecular flexibility index (Phi) is 4.04. The van der Waals surface area contributed by atoms with Crippen molar-refractivity contribution < 1.29 is 4.74 Å². The molecule has 0 aliphatic heterocycles. The van der Waals surface area contributed by atoms with Gasteiger partial charge in [0.15, 0.2) is 0 Å². The minimum Gasteiger partial charge on any atom is -0.487 e. The summed E-state index contributed by atoms with van der Waals surface area (Å²) in [5.74, 6) is 0.120. The fraction of sp³-hybridized carbons (Fsp3) is 0.167. The lowest BCUT2D eigenvalue weighted by molar-refractivity contribution is 0.332. The second-order valence-electron chi connectivity index (χ2n) is 3.45. The first-order valence-corrected chi connectivity index (χ1v) is 6.47. The van der Waals surface area contributed by atoms with E-state index >= 15 is 0 Å². The molecule has 2 aromatic rings. The van der Waals surface area contributed by atoms with Crippen LogP contribution in [0.4, 0.5) is 0 Å². The molecule has 1 heterocycles. The molecule has 0 amide bonds. The lowest BCUT2D eigenvalue weighted by Gasteiger charge is -2.09. The van der Waals surface area contributed by atoms with Gasteiger partial charge in [-0.25, -0.2) is 0 Å². The third kappa shape index (κ3) is 2.57. The Balaban J connectivity index is 2.59. The van der Waals surface area contributed by atoms with Gasteiger partial charge in [0.1, 0.15) is 5.02 Å². The largest absolute Gasteiger partial charge is 0.487 e. The zero-order valence-corrected chi connectivity index (χ0v) is 11.9. The van der Waals surface area contributed by atoms with Crippen molar-refractivity contribution in [2.45, 2.75) is 6.92 Å². The molecule has 0 aliphatic carbocycles. The van der Waals surface area contributed by atoms with Gasteiger partial charge < -0.3 is 4.74 Å². The lowest BCUT2D eigenvalue weighted by Crippen LogP contribution is -2.23. The minimum absolute atomic E-state index is 0.120. The molecule has 6 heteroatoms. The fourth-order valence-electron chi connectivity index (χ4n) is 1.48. The van der Waals surface area contributed by atoms with Crippen LogP contribution >= 0.6 is 27.5 Å². The maximum Gasteiger partial charge on any atom is 0.315 e. The van der Waals surface area contributed by atoms with Crippen LogP contribution in [0.1, 0.15) is 6.92 Å². The first kappa shape index (κ1) is 13.1. The average molecular weight is 330 g/mol. The number of hydrogen-bond acceptors (Lipinski definition) is 3. The van der Waals surface area contributed by atoms with Crippen LogP contribution in [-0.4, -0.2) is 16.4 Å². The number of ether oxygens (including phenoxy) is 1. The Morgan fingerprint density at radius 2 is 2.28 bits per heavy atom. The summed E-state index contributed by atoms with van der Waals surface area (Å²) >= 11 is 9.24. The van der Waals surface area contributed by atoms with Crippen LogP contribution in [0, 0.1) is 0 Å². The van der Waals surface area contributed by atoms with Crippen molar-refractivity contribution in [1.29, 1.82) is 0 Å². The summed E-state index contributed by atoms with van der Waals surface area (Å²) in [6.45, 7) is 2.16. The average Bonchev–Trinajstić information content (AvgIpc) is 2.34. The number of benzene rings is 1. The lowest BCUT2D eigenvalue weighted by atomic mass is 10.3. The molecule has 0 atom stereocenters. The van der Waals surface area contributed by atoms with Crippen LogP contribution in [0.15, 0.2) is 39.7 Å².